The maximum absolute atomic E-state index is 13.2. The van der Waals surface area contributed by atoms with E-state index in [4.69, 9.17) is 11.6 Å². The summed E-state index contributed by atoms with van der Waals surface area (Å²) in [7, 11) is 0. The van der Waals surface area contributed by atoms with Crippen molar-refractivity contribution >= 4 is 33.2 Å². The van der Waals surface area contributed by atoms with Gasteiger partial charge in [0, 0.05) is 16.7 Å². The zero-order valence-corrected chi connectivity index (χ0v) is 12.9. The standard InChI is InChI=1S/C14H10BrClF3NO/c15-11-3-1-9(17)5-8(11)7-20-10-2-4-13(12(16)6-10)21-14(18)19/h1-6,14,20H,7H2. The van der Waals surface area contributed by atoms with E-state index >= 15 is 0 Å². The normalized spacial score (nSPS) is 10.8. The fraction of sp³-hybridized carbons (Fsp3) is 0.143. The Hall–Kier alpha value is -1.40. The van der Waals surface area contributed by atoms with Crippen molar-refractivity contribution in [3.8, 4) is 5.75 Å². The van der Waals surface area contributed by atoms with Crippen molar-refractivity contribution in [2.24, 2.45) is 0 Å². The van der Waals surface area contributed by atoms with Gasteiger partial charge >= 0.3 is 6.61 Å². The summed E-state index contributed by atoms with van der Waals surface area (Å²) in [6.45, 7) is -2.58. The van der Waals surface area contributed by atoms with Crippen molar-refractivity contribution in [3.05, 3.63) is 57.3 Å². The molecule has 0 aromatic heterocycles. The molecule has 2 aromatic rings. The minimum atomic E-state index is -2.93. The molecule has 0 fully saturated rings. The van der Waals surface area contributed by atoms with Crippen molar-refractivity contribution in [1.82, 2.24) is 0 Å². The number of hydrogen-bond donors (Lipinski definition) is 1. The maximum atomic E-state index is 13.2. The minimum Gasteiger partial charge on any atom is -0.433 e. The largest absolute Gasteiger partial charge is 0.433 e. The molecule has 1 N–H and O–H groups in total. The first-order valence-corrected chi connectivity index (χ1v) is 7.05. The number of benzene rings is 2. The van der Waals surface area contributed by atoms with Gasteiger partial charge in [-0.05, 0) is 42.0 Å². The van der Waals surface area contributed by atoms with Gasteiger partial charge in [0.2, 0.25) is 0 Å². The van der Waals surface area contributed by atoms with Crippen LogP contribution in [0.2, 0.25) is 5.02 Å². The lowest BCUT2D eigenvalue weighted by molar-refractivity contribution is -0.0497. The second-order valence-corrected chi connectivity index (χ2v) is 5.37. The van der Waals surface area contributed by atoms with Gasteiger partial charge in [-0.15, -0.1) is 0 Å². The predicted octanol–water partition coefficient (Wildman–Crippen LogP) is 5.46. The third-order valence-electron chi connectivity index (χ3n) is 2.64. The molecule has 0 bridgehead atoms. The summed E-state index contributed by atoms with van der Waals surface area (Å²) >= 11 is 9.17. The van der Waals surface area contributed by atoms with Gasteiger partial charge in [-0.2, -0.15) is 8.78 Å². The van der Waals surface area contributed by atoms with E-state index in [-0.39, 0.29) is 16.6 Å². The Balaban J connectivity index is 2.07. The van der Waals surface area contributed by atoms with Crippen LogP contribution < -0.4 is 10.1 Å². The van der Waals surface area contributed by atoms with E-state index in [2.05, 4.69) is 26.0 Å². The summed E-state index contributed by atoms with van der Waals surface area (Å²) in [5, 5.41) is 3.09. The number of alkyl halides is 2. The molecule has 0 aliphatic heterocycles. The van der Waals surface area contributed by atoms with E-state index in [0.29, 0.717) is 12.2 Å². The molecule has 7 heteroatoms. The van der Waals surface area contributed by atoms with Gasteiger partial charge in [-0.25, -0.2) is 4.39 Å². The minimum absolute atomic E-state index is 0.0682. The summed E-state index contributed by atoms with van der Waals surface area (Å²) < 4.78 is 42.4. The average molecular weight is 381 g/mol. The first kappa shape index (κ1) is 16.0. The summed E-state index contributed by atoms with van der Waals surface area (Å²) in [4.78, 5) is 0. The smallest absolute Gasteiger partial charge is 0.387 e. The highest BCUT2D eigenvalue weighted by molar-refractivity contribution is 9.10. The van der Waals surface area contributed by atoms with Gasteiger partial charge in [0.15, 0.2) is 0 Å². The first-order chi connectivity index (χ1) is 9.95. The molecule has 0 atom stereocenters. The molecule has 2 aromatic carbocycles. The quantitative estimate of drug-likeness (QED) is 0.744. The van der Waals surface area contributed by atoms with E-state index in [1.807, 2.05) is 0 Å². The number of hydrogen-bond acceptors (Lipinski definition) is 2. The third kappa shape index (κ3) is 4.54. The fourth-order valence-corrected chi connectivity index (χ4v) is 2.29. The lowest BCUT2D eigenvalue weighted by Gasteiger charge is -2.11. The number of ether oxygens (including phenoxy) is 1. The Labute approximate surface area is 133 Å². The molecule has 2 nitrogen and oxygen atoms in total. The number of anilines is 1. The van der Waals surface area contributed by atoms with Gasteiger partial charge in [-0.3, -0.25) is 0 Å². The molecule has 2 rings (SSSR count). The summed E-state index contributed by atoms with van der Waals surface area (Å²) in [5.41, 5.74) is 1.33. The molecule has 0 amide bonds. The number of rotatable bonds is 5. The van der Waals surface area contributed by atoms with E-state index in [9.17, 15) is 13.2 Å². The highest BCUT2D eigenvalue weighted by Gasteiger charge is 2.09. The Morgan fingerprint density at radius 1 is 1.19 bits per heavy atom. The van der Waals surface area contributed by atoms with Crippen LogP contribution in [0.1, 0.15) is 5.56 Å². The Kier molecular flexibility index (Phi) is 5.36. The van der Waals surface area contributed by atoms with Crippen LogP contribution in [0.5, 0.6) is 5.75 Å². The lowest BCUT2D eigenvalue weighted by atomic mass is 10.2. The summed E-state index contributed by atoms with van der Waals surface area (Å²) in [6.07, 6.45) is 0. The maximum Gasteiger partial charge on any atom is 0.387 e. The van der Waals surface area contributed by atoms with Crippen LogP contribution in [-0.4, -0.2) is 6.61 Å². The first-order valence-electron chi connectivity index (χ1n) is 5.88. The predicted molar refractivity (Wildman–Crippen MR) is 79.5 cm³/mol. The van der Waals surface area contributed by atoms with E-state index < -0.39 is 6.61 Å². The van der Waals surface area contributed by atoms with Gasteiger partial charge < -0.3 is 10.1 Å². The topological polar surface area (TPSA) is 21.3 Å². The molecule has 0 aliphatic carbocycles. The average Bonchev–Trinajstić information content (AvgIpc) is 2.42. The summed E-state index contributed by atoms with van der Waals surface area (Å²) in [5.74, 6) is -0.433. The van der Waals surface area contributed by atoms with Crippen LogP contribution in [0, 0.1) is 5.82 Å². The van der Waals surface area contributed by atoms with Crippen molar-refractivity contribution < 1.29 is 17.9 Å². The molecule has 0 saturated carbocycles. The highest BCUT2D eigenvalue weighted by atomic mass is 79.9. The monoisotopic (exact) mass is 379 g/mol. The van der Waals surface area contributed by atoms with Crippen molar-refractivity contribution in [3.63, 3.8) is 0 Å². The molecule has 112 valence electrons. The molecular formula is C14H10BrClF3NO. The second-order valence-electron chi connectivity index (χ2n) is 4.11. The fourth-order valence-electron chi connectivity index (χ4n) is 1.68. The zero-order chi connectivity index (χ0) is 15.4. The van der Waals surface area contributed by atoms with Crippen molar-refractivity contribution in [2.45, 2.75) is 13.2 Å². The van der Waals surface area contributed by atoms with Crippen LogP contribution in [0.25, 0.3) is 0 Å². The Morgan fingerprint density at radius 3 is 2.62 bits per heavy atom. The van der Waals surface area contributed by atoms with E-state index in [1.54, 1.807) is 12.1 Å². The molecule has 0 saturated heterocycles. The summed E-state index contributed by atoms with van der Waals surface area (Å²) in [6, 6.07) is 8.72. The molecule has 0 unspecified atom stereocenters. The van der Waals surface area contributed by atoms with Gasteiger partial charge in [0.05, 0.1) is 5.02 Å². The highest BCUT2D eigenvalue weighted by Crippen LogP contribution is 2.29. The molecule has 21 heavy (non-hydrogen) atoms. The van der Waals surface area contributed by atoms with E-state index in [1.165, 1.54) is 24.3 Å². The zero-order valence-electron chi connectivity index (χ0n) is 10.5. The molecule has 0 spiro atoms. The van der Waals surface area contributed by atoms with Gasteiger partial charge in [0.1, 0.15) is 11.6 Å². The number of nitrogens with one attached hydrogen (secondary N) is 1. The van der Waals surface area contributed by atoms with E-state index in [0.717, 1.165) is 10.0 Å². The molecular weight excluding hydrogens is 371 g/mol. The number of halogens is 5. The second kappa shape index (κ2) is 7.04. The van der Waals surface area contributed by atoms with Crippen molar-refractivity contribution in [1.29, 1.82) is 0 Å². The van der Waals surface area contributed by atoms with Crippen LogP contribution in [-0.2, 0) is 6.54 Å². The van der Waals surface area contributed by atoms with Gasteiger partial charge in [0.25, 0.3) is 0 Å². The Bertz CT molecular complexity index is 640. The SMILES string of the molecule is Fc1ccc(Br)c(CNc2ccc(OC(F)F)c(Cl)c2)c1. The van der Waals surface area contributed by atoms with Crippen molar-refractivity contribution in [2.75, 3.05) is 5.32 Å². The molecule has 0 aliphatic rings. The van der Waals surface area contributed by atoms with Crippen LogP contribution >= 0.6 is 27.5 Å². The van der Waals surface area contributed by atoms with Crippen LogP contribution in [0.15, 0.2) is 40.9 Å². The molecule has 0 radical (unpaired) electrons. The van der Waals surface area contributed by atoms with Gasteiger partial charge in [-0.1, -0.05) is 27.5 Å². The van der Waals surface area contributed by atoms with Crippen LogP contribution in [0.4, 0.5) is 18.9 Å². The van der Waals surface area contributed by atoms with Crippen LogP contribution in [0.3, 0.4) is 0 Å². The Morgan fingerprint density at radius 2 is 1.95 bits per heavy atom. The lowest BCUT2D eigenvalue weighted by Crippen LogP contribution is -2.04. The third-order valence-corrected chi connectivity index (χ3v) is 3.71. The molecule has 0 heterocycles.